The van der Waals surface area contributed by atoms with Crippen molar-refractivity contribution in [3.05, 3.63) is 28.2 Å². The molecule has 1 heterocycles. The van der Waals surface area contributed by atoms with E-state index in [0.717, 1.165) is 15.6 Å². The third kappa shape index (κ3) is 3.04. The van der Waals surface area contributed by atoms with Crippen LogP contribution in [-0.4, -0.2) is 31.3 Å². The minimum atomic E-state index is -0.856. The van der Waals surface area contributed by atoms with E-state index < -0.39 is 5.97 Å². The smallest absolute Gasteiger partial charge is 0.305 e. The number of rotatable bonds is 5. The molecule has 0 bridgehead atoms. The van der Waals surface area contributed by atoms with Gasteiger partial charge in [-0.05, 0) is 47.5 Å². The van der Waals surface area contributed by atoms with Crippen molar-refractivity contribution >= 4 is 21.9 Å². The molecule has 1 aromatic carbocycles. The van der Waals surface area contributed by atoms with Crippen LogP contribution in [0.15, 0.2) is 22.7 Å². The molecule has 0 saturated heterocycles. The first kappa shape index (κ1) is 14.6. The highest BCUT2D eigenvalue weighted by Gasteiger charge is 2.20. The molecule has 1 unspecified atom stereocenters. The number of benzene rings is 1. The van der Waals surface area contributed by atoms with Gasteiger partial charge in [0.15, 0.2) is 5.82 Å². The minimum Gasteiger partial charge on any atom is -0.481 e. The lowest BCUT2D eigenvalue weighted by molar-refractivity contribution is -0.138. The maximum atomic E-state index is 10.9. The van der Waals surface area contributed by atoms with Crippen molar-refractivity contribution in [3.63, 3.8) is 0 Å². The minimum absolute atomic E-state index is 0.00408. The summed E-state index contributed by atoms with van der Waals surface area (Å²) < 4.78 is 2.58. The van der Waals surface area contributed by atoms with Crippen LogP contribution < -0.4 is 0 Å². The van der Waals surface area contributed by atoms with Gasteiger partial charge in [-0.15, -0.1) is 5.10 Å². The number of carbonyl (C=O) groups is 1. The second-order valence-corrected chi connectivity index (χ2v) is 5.48. The molecule has 0 aliphatic rings. The standard InChI is InChI=1S/C13H15BrN4O2/c1-3-10(7-12(19)20)18-13(15-16-17-18)11-5-4-9(14)6-8(11)2/h4-6,10H,3,7H2,1-2H3,(H,19,20). The lowest BCUT2D eigenvalue weighted by atomic mass is 10.1. The van der Waals surface area contributed by atoms with Crippen molar-refractivity contribution in [2.75, 3.05) is 0 Å². The van der Waals surface area contributed by atoms with Crippen molar-refractivity contribution in [1.29, 1.82) is 0 Å². The number of tetrazole rings is 1. The summed E-state index contributed by atoms with van der Waals surface area (Å²) in [5.41, 5.74) is 1.93. The summed E-state index contributed by atoms with van der Waals surface area (Å²) in [5, 5.41) is 20.7. The summed E-state index contributed by atoms with van der Waals surface area (Å²) in [6.45, 7) is 3.89. The number of aliphatic carboxylic acids is 1. The molecule has 0 aliphatic heterocycles. The van der Waals surface area contributed by atoms with Crippen molar-refractivity contribution < 1.29 is 9.90 Å². The van der Waals surface area contributed by atoms with E-state index in [4.69, 9.17) is 5.11 Å². The molecule has 0 radical (unpaired) electrons. The van der Waals surface area contributed by atoms with E-state index in [9.17, 15) is 4.79 Å². The molecule has 1 atom stereocenters. The number of carboxylic acid groups (broad SMARTS) is 1. The van der Waals surface area contributed by atoms with Crippen LogP contribution in [-0.2, 0) is 4.79 Å². The Kier molecular flexibility index (Phi) is 4.49. The molecule has 6 nitrogen and oxygen atoms in total. The molecule has 7 heteroatoms. The molecule has 2 rings (SSSR count). The summed E-state index contributed by atoms with van der Waals surface area (Å²) in [5.74, 6) is -0.256. The number of aryl methyl sites for hydroxylation is 1. The highest BCUT2D eigenvalue weighted by atomic mass is 79.9. The van der Waals surface area contributed by atoms with Crippen LogP contribution in [0.25, 0.3) is 11.4 Å². The first-order valence-corrected chi connectivity index (χ1v) is 7.08. The second-order valence-electron chi connectivity index (χ2n) is 4.57. The second kappa shape index (κ2) is 6.13. The Balaban J connectivity index is 2.43. The monoisotopic (exact) mass is 338 g/mol. The van der Waals surface area contributed by atoms with E-state index in [0.29, 0.717) is 12.2 Å². The van der Waals surface area contributed by atoms with Gasteiger partial charge < -0.3 is 5.11 Å². The summed E-state index contributed by atoms with van der Waals surface area (Å²) >= 11 is 3.42. The third-order valence-electron chi connectivity index (χ3n) is 3.15. The SMILES string of the molecule is CCC(CC(=O)O)n1nnnc1-c1ccc(Br)cc1C. The zero-order valence-electron chi connectivity index (χ0n) is 11.2. The van der Waals surface area contributed by atoms with Gasteiger partial charge in [0.05, 0.1) is 12.5 Å². The molecular weight excluding hydrogens is 324 g/mol. The fourth-order valence-corrected chi connectivity index (χ4v) is 2.58. The Morgan fingerprint density at radius 1 is 1.50 bits per heavy atom. The van der Waals surface area contributed by atoms with E-state index in [1.54, 1.807) is 4.68 Å². The first-order chi connectivity index (χ1) is 9.52. The van der Waals surface area contributed by atoms with Gasteiger partial charge in [-0.2, -0.15) is 0 Å². The number of aromatic nitrogens is 4. The van der Waals surface area contributed by atoms with Crippen molar-refractivity contribution in [1.82, 2.24) is 20.2 Å². The number of carboxylic acids is 1. The number of hydrogen-bond donors (Lipinski definition) is 1. The zero-order valence-corrected chi connectivity index (χ0v) is 12.8. The lowest BCUT2D eigenvalue weighted by Crippen LogP contribution is -2.15. The predicted molar refractivity (Wildman–Crippen MR) is 77.3 cm³/mol. The summed E-state index contributed by atoms with van der Waals surface area (Å²) in [4.78, 5) is 10.9. The first-order valence-electron chi connectivity index (χ1n) is 6.29. The fraction of sp³-hybridized carbons (Fsp3) is 0.385. The highest BCUT2D eigenvalue weighted by molar-refractivity contribution is 9.10. The number of hydrogen-bond acceptors (Lipinski definition) is 4. The van der Waals surface area contributed by atoms with Gasteiger partial charge in [0.2, 0.25) is 0 Å². The molecule has 0 aliphatic carbocycles. The summed E-state index contributed by atoms with van der Waals surface area (Å²) in [6.07, 6.45) is 0.657. The normalized spacial score (nSPS) is 12.3. The van der Waals surface area contributed by atoms with Crippen molar-refractivity contribution in [2.45, 2.75) is 32.7 Å². The average molecular weight is 339 g/mol. The average Bonchev–Trinajstić information content (AvgIpc) is 2.84. The largest absolute Gasteiger partial charge is 0.481 e. The molecule has 0 spiro atoms. The van der Waals surface area contributed by atoms with E-state index >= 15 is 0 Å². The van der Waals surface area contributed by atoms with Crippen LogP contribution in [0.5, 0.6) is 0 Å². The molecule has 0 saturated carbocycles. The quantitative estimate of drug-likeness (QED) is 0.906. The van der Waals surface area contributed by atoms with Gasteiger partial charge in [0.1, 0.15) is 0 Å². The third-order valence-corrected chi connectivity index (χ3v) is 3.64. The summed E-state index contributed by atoms with van der Waals surface area (Å²) in [6, 6.07) is 5.57. The molecular formula is C13H15BrN4O2. The predicted octanol–water partition coefficient (Wildman–Crippen LogP) is 2.84. The van der Waals surface area contributed by atoms with Crippen LogP contribution >= 0.6 is 15.9 Å². The van der Waals surface area contributed by atoms with E-state index in [1.807, 2.05) is 32.0 Å². The van der Waals surface area contributed by atoms with E-state index in [-0.39, 0.29) is 12.5 Å². The molecule has 2 aromatic rings. The van der Waals surface area contributed by atoms with Crippen LogP contribution in [0.2, 0.25) is 0 Å². The van der Waals surface area contributed by atoms with Gasteiger partial charge >= 0.3 is 5.97 Å². The van der Waals surface area contributed by atoms with E-state index in [1.165, 1.54) is 0 Å². The van der Waals surface area contributed by atoms with Crippen LogP contribution in [0, 0.1) is 6.92 Å². The Bertz CT molecular complexity index is 627. The molecule has 20 heavy (non-hydrogen) atoms. The van der Waals surface area contributed by atoms with Crippen molar-refractivity contribution in [2.24, 2.45) is 0 Å². The molecule has 106 valence electrons. The molecule has 0 fully saturated rings. The van der Waals surface area contributed by atoms with Gasteiger partial charge in [-0.3, -0.25) is 4.79 Å². The van der Waals surface area contributed by atoms with Crippen LogP contribution in [0.4, 0.5) is 0 Å². The highest BCUT2D eigenvalue weighted by Crippen LogP contribution is 2.27. The number of nitrogens with zero attached hydrogens (tertiary/aromatic N) is 4. The van der Waals surface area contributed by atoms with Gasteiger partial charge in [-0.25, -0.2) is 4.68 Å². The van der Waals surface area contributed by atoms with Crippen LogP contribution in [0.1, 0.15) is 31.4 Å². The molecule has 0 amide bonds. The maximum absolute atomic E-state index is 10.9. The lowest BCUT2D eigenvalue weighted by Gasteiger charge is -2.15. The summed E-state index contributed by atoms with van der Waals surface area (Å²) in [7, 11) is 0. The van der Waals surface area contributed by atoms with Gasteiger partial charge in [0.25, 0.3) is 0 Å². The Hall–Kier alpha value is -1.76. The topological polar surface area (TPSA) is 80.9 Å². The molecule has 1 aromatic heterocycles. The van der Waals surface area contributed by atoms with Crippen molar-refractivity contribution in [3.8, 4) is 11.4 Å². The van der Waals surface area contributed by atoms with E-state index in [2.05, 4.69) is 31.5 Å². The fourth-order valence-electron chi connectivity index (χ4n) is 2.10. The Labute approximate surface area is 124 Å². The van der Waals surface area contributed by atoms with Crippen LogP contribution in [0.3, 0.4) is 0 Å². The Morgan fingerprint density at radius 3 is 2.85 bits per heavy atom. The number of halogens is 1. The van der Waals surface area contributed by atoms with Gasteiger partial charge in [0, 0.05) is 10.0 Å². The molecule has 1 N–H and O–H groups in total. The Morgan fingerprint density at radius 2 is 2.25 bits per heavy atom. The van der Waals surface area contributed by atoms with Gasteiger partial charge in [-0.1, -0.05) is 22.9 Å². The zero-order chi connectivity index (χ0) is 14.7. The maximum Gasteiger partial charge on any atom is 0.305 e.